The molecule has 0 radical (unpaired) electrons. The van der Waals surface area contributed by atoms with E-state index in [2.05, 4.69) is 31.4 Å². The van der Waals surface area contributed by atoms with Gasteiger partial charge in [0.15, 0.2) is 0 Å². The molecule has 1 heterocycles. The molecule has 1 aliphatic rings. The van der Waals surface area contributed by atoms with E-state index in [9.17, 15) is 4.79 Å². The quantitative estimate of drug-likeness (QED) is 0.449. The van der Waals surface area contributed by atoms with Crippen LogP contribution < -0.4 is 16.4 Å². The zero-order valence-corrected chi connectivity index (χ0v) is 20.4. The summed E-state index contributed by atoms with van der Waals surface area (Å²) in [5, 5.41) is 16.9. The standard InChI is InChI=1S/C25H33Cl2N3O2/c1-24(2,3)15-20-25(28,17-8-10-18(26)11-9-17)21(16-6-4-7-19(27)14-16)22(30-20)23(32)29-12-5-13-31/h4,6-11,14,20-22,30-31H,5,12-13,15,28H2,1-3H3,(H,29,32). The van der Waals surface area contributed by atoms with Crippen LogP contribution in [0.25, 0.3) is 0 Å². The van der Waals surface area contributed by atoms with Gasteiger partial charge >= 0.3 is 0 Å². The zero-order chi connectivity index (χ0) is 23.5. The highest BCUT2D eigenvalue weighted by Gasteiger charge is 2.56. The molecule has 1 fully saturated rings. The van der Waals surface area contributed by atoms with Crippen LogP contribution in [0.5, 0.6) is 0 Å². The van der Waals surface area contributed by atoms with Crippen molar-refractivity contribution in [3.8, 4) is 0 Å². The molecule has 5 nitrogen and oxygen atoms in total. The first-order valence-corrected chi connectivity index (χ1v) is 11.8. The lowest BCUT2D eigenvalue weighted by atomic mass is 9.68. The molecule has 5 N–H and O–H groups in total. The Bertz CT molecular complexity index is 930. The van der Waals surface area contributed by atoms with Crippen LogP contribution in [0.3, 0.4) is 0 Å². The number of halogens is 2. The molecular formula is C25H33Cl2N3O2. The fraction of sp³-hybridized carbons (Fsp3) is 0.480. The molecular weight excluding hydrogens is 445 g/mol. The summed E-state index contributed by atoms with van der Waals surface area (Å²) in [6.07, 6.45) is 1.26. The van der Waals surface area contributed by atoms with Gasteiger partial charge in [-0.05, 0) is 53.6 Å². The topological polar surface area (TPSA) is 87.4 Å². The first kappa shape index (κ1) is 25.0. The Morgan fingerprint density at radius 2 is 1.84 bits per heavy atom. The van der Waals surface area contributed by atoms with Crippen molar-refractivity contribution in [3.05, 3.63) is 69.7 Å². The van der Waals surface area contributed by atoms with Gasteiger partial charge in [0.05, 0.1) is 11.6 Å². The van der Waals surface area contributed by atoms with Gasteiger partial charge in [-0.2, -0.15) is 0 Å². The number of aliphatic hydroxyl groups excluding tert-OH is 1. The van der Waals surface area contributed by atoms with Crippen molar-refractivity contribution in [1.29, 1.82) is 0 Å². The molecule has 0 spiro atoms. The molecule has 4 unspecified atom stereocenters. The maximum Gasteiger partial charge on any atom is 0.237 e. The smallest absolute Gasteiger partial charge is 0.237 e. The molecule has 0 aromatic heterocycles. The zero-order valence-electron chi connectivity index (χ0n) is 18.9. The predicted molar refractivity (Wildman–Crippen MR) is 131 cm³/mol. The van der Waals surface area contributed by atoms with Gasteiger partial charge in [0.1, 0.15) is 0 Å². The van der Waals surface area contributed by atoms with Gasteiger partial charge in [0.25, 0.3) is 0 Å². The van der Waals surface area contributed by atoms with Gasteiger partial charge < -0.3 is 21.5 Å². The summed E-state index contributed by atoms with van der Waals surface area (Å²) < 4.78 is 0. The highest BCUT2D eigenvalue weighted by molar-refractivity contribution is 6.30. The third-order valence-electron chi connectivity index (χ3n) is 6.09. The van der Waals surface area contributed by atoms with Crippen LogP contribution in [0.15, 0.2) is 48.5 Å². The summed E-state index contributed by atoms with van der Waals surface area (Å²) in [5.41, 5.74) is 8.25. The number of nitrogens with two attached hydrogens (primary N) is 1. The molecule has 4 atom stereocenters. The van der Waals surface area contributed by atoms with Crippen molar-refractivity contribution in [2.24, 2.45) is 11.1 Å². The number of rotatable bonds is 7. The Kier molecular flexibility index (Phi) is 7.89. The van der Waals surface area contributed by atoms with Crippen LogP contribution >= 0.6 is 23.2 Å². The minimum absolute atomic E-state index is 0.0180. The first-order valence-electron chi connectivity index (χ1n) is 11.0. The highest BCUT2D eigenvalue weighted by Crippen LogP contribution is 2.48. The third-order valence-corrected chi connectivity index (χ3v) is 6.58. The molecule has 174 valence electrons. The molecule has 1 aliphatic heterocycles. The number of hydrogen-bond acceptors (Lipinski definition) is 4. The molecule has 0 bridgehead atoms. The molecule has 0 saturated carbocycles. The van der Waals surface area contributed by atoms with E-state index in [-0.39, 0.29) is 29.9 Å². The molecule has 1 amide bonds. The van der Waals surface area contributed by atoms with Crippen LogP contribution in [0.4, 0.5) is 0 Å². The molecule has 7 heteroatoms. The molecule has 32 heavy (non-hydrogen) atoms. The van der Waals surface area contributed by atoms with Gasteiger partial charge in [-0.1, -0.05) is 68.2 Å². The van der Waals surface area contributed by atoms with Crippen LogP contribution in [-0.4, -0.2) is 36.2 Å². The number of hydrogen-bond donors (Lipinski definition) is 4. The van der Waals surface area contributed by atoms with Gasteiger partial charge in [-0.3, -0.25) is 4.79 Å². The second-order valence-corrected chi connectivity index (χ2v) is 10.7. The van der Waals surface area contributed by atoms with Gasteiger partial charge in [0, 0.05) is 35.2 Å². The average molecular weight is 478 g/mol. The van der Waals surface area contributed by atoms with Crippen LogP contribution in [0.2, 0.25) is 10.0 Å². The van der Waals surface area contributed by atoms with Crippen molar-refractivity contribution >= 4 is 29.1 Å². The maximum absolute atomic E-state index is 13.3. The fourth-order valence-corrected chi connectivity index (χ4v) is 5.02. The number of aliphatic hydroxyl groups is 1. The summed E-state index contributed by atoms with van der Waals surface area (Å²) >= 11 is 12.5. The maximum atomic E-state index is 13.3. The molecule has 0 aliphatic carbocycles. The van der Waals surface area contributed by atoms with Crippen molar-refractivity contribution in [2.75, 3.05) is 13.2 Å². The summed E-state index contributed by atoms with van der Waals surface area (Å²) in [5.74, 6) is -0.493. The largest absolute Gasteiger partial charge is 0.396 e. The predicted octanol–water partition coefficient (Wildman–Crippen LogP) is 4.21. The van der Waals surface area contributed by atoms with Crippen molar-refractivity contribution in [1.82, 2.24) is 10.6 Å². The minimum Gasteiger partial charge on any atom is -0.396 e. The summed E-state index contributed by atoms with van der Waals surface area (Å²) in [6, 6.07) is 14.4. The summed E-state index contributed by atoms with van der Waals surface area (Å²) in [6.45, 7) is 6.92. The third kappa shape index (κ3) is 5.46. The van der Waals surface area contributed by atoms with E-state index in [1.54, 1.807) is 0 Å². The highest BCUT2D eigenvalue weighted by atomic mass is 35.5. The van der Waals surface area contributed by atoms with E-state index in [1.807, 2.05) is 48.5 Å². The van der Waals surface area contributed by atoms with Crippen LogP contribution in [-0.2, 0) is 10.3 Å². The van der Waals surface area contributed by atoms with E-state index < -0.39 is 11.6 Å². The number of benzene rings is 2. The number of carbonyl (C=O) groups excluding carboxylic acids is 1. The Morgan fingerprint density at radius 3 is 2.44 bits per heavy atom. The summed E-state index contributed by atoms with van der Waals surface area (Å²) in [4.78, 5) is 13.3. The first-order chi connectivity index (χ1) is 15.1. The second kappa shape index (κ2) is 10.1. The van der Waals surface area contributed by atoms with Crippen LogP contribution in [0, 0.1) is 5.41 Å². The second-order valence-electron chi connectivity index (χ2n) is 9.80. The lowest BCUT2D eigenvalue weighted by molar-refractivity contribution is -0.123. The Hall–Kier alpha value is -1.63. The van der Waals surface area contributed by atoms with Gasteiger partial charge in [0.2, 0.25) is 5.91 Å². The molecule has 1 saturated heterocycles. The Balaban J connectivity index is 2.13. The fourth-order valence-electron chi connectivity index (χ4n) is 4.70. The average Bonchev–Trinajstić information content (AvgIpc) is 3.00. The van der Waals surface area contributed by atoms with E-state index in [1.165, 1.54) is 0 Å². The molecule has 3 rings (SSSR count). The molecule has 2 aromatic carbocycles. The summed E-state index contributed by atoms with van der Waals surface area (Å²) in [7, 11) is 0. The van der Waals surface area contributed by atoms with Crippen molar-refractivity contribution in [3.63, 3.8) is 0 Å². The van der Waals surface area contributed by atoms with E-state index in [0.29, 0.717) is 23.0 Å². The van der Waals surface area contributed by atoms with Gasteiger partial charge in [-0.25, -0.2) is 0 Å². The van der Waals surface area contributed by atoms with Crippen molar-refractivity contribution < 1.29 is 9.90 Å². The minimum atomic E-state index is -0.873. The number of amides is 1. The van der Waals surface area contributed by atoms with Crippen LogP contribution in [0.1, 0.15) is 50.7 Å². The van der Waals surface area contributed by atoms with Crippen molar-refractivity contribution in [2.45, 2.75) is 57.2 Å². The van der Waals surface area contributed by atoms with E-state index >= 15 is 0 Å². The van der Waals surface area contributed by atoms with Gasteiger partial charge in [-0.15, -0.1) is 0 Å². The SMILES string of the molecule is CC(C)(C)CC1NC(C(=O)NCCCO)C(c2cccc(Cl)c2)C1(N)c1ccc(Cl)cc1. The Morgan fingerprint density at radius 1 is 1.16 bits per heavy atom. The lowest BCUT2D eigenvalue weighted by Gasteiger charge is -2.39. The number of nitrogens with one attached hydrogen (secondary N) is 2. The van der Waals surface area contributed by atoms with E-state index in [0.717, 1.165) is 17.5 Å². The Labute approximate surface area is 200 Å². The lowest BCUT2D eigenvalue weighted by Crippen LogP contribution is -2.51. The normalized spacial score (nSPS) is 25.7. The number of carbonyl (C=O) groups is 1. The van der Waals surface area contributed by atoms with E-state index in [4.69, 9.17) is 34.0 Å². The molecule has 2 aromatic rings. The monoisotopic (exact) mass is 477 g/mol.